The molecule has 0 atom stereocenters. The highest BCUT2D eigenvalue weighted by atomic mass is 16.2. The van der Waals surface area contributed by atoms with Crippen molar-refractivity contribution in [2.24, 2.45) is 7.05 Å². The number of aromatic nitrogens is 2. The molecule has 1 aromatic heterocycles. The fraction of sp³-hybridized carbons (Fsp3) is 0.550. The molecular weight excluding hydrogens is 356 g/mol. The van der Waals surface area contributed by atoms with Crippen LogP contribution in [0.2, 0.25) is 0 Å². The number of amides is 2. The first-order valence-corrected chi connectivity index (χ1v) is 9.68. The van der Waals surface area contributed by atoms with Gasteiger partial charge in [0.15, 0.2) is 5.82 Å². The van der Waals surface area contributed by atoms with Crippen molar-refractivity contribution in [3.63, 3.8) is 0 Å². The zero-order chi connectivity index (χ0) is 20.3. The summed E-state index contributed by atoms with van der Waals surface area (Å²) < 4.78 is 1.77. The van der Waals surface area contributed by atoms with Gasteiger partial charge in [0, 0.05) is 44.2 Å². The molecule has 8 heteroatoms. The number of benzene rings is 1. The van der Waals surface area contributed by atoms with Crippen molar-refractivity contribution in [2.45, 2.75) is 26.3 Å². The van der Waals surface area contributed by atoms with Crippen LogP contribution >= 0.6 is 0 Å². The smallest absolute Gasteiger partial charge is 0.239 e. The molecule has 3 rings (SSSR count). The minimum Gasteiger partial charge on any atom is -0.350 e. The van der Waals surface area contributed by atoms with E-state index in [4.69, 9.17) is 0 Å². The summed E-state index contributed by atoms with van der Waals surface area (Å²) in [5.41, 5.74) is 0.770. The van der Waals surface area contributed by atoms with Gasteiger partial charge in [0.05, 0.1) is 18.6 Å². The molecule has 0 bridgehead atoms. The molecule has 28 heavy (non-hydrogen) atoms. The maximum Gasteiger partial charge on any atom is 0.239 e. The number of nitrogens with one attached hydrogen (secondary N) is 2. The number of hydrogen-bond donors (Lipinski definition) is 2. The molecule has 1 saturated heterocycles. The Morgan fingerprint density at radius 3 is 2.18 bits per heavy atom. The van der Waals surface area contributed by atoms with Crippen LogP contribution in [-0.2, 0) is 16.6 Å². The first-order valence-electron chi connectivity index (χ1n) is 9.68. The van der Waals surface area contributed by atoms with Gasteiger partial charge in [-0.15, -0.1) is 0 Å². The Labute approximate surface area is 165 Å². The van der Waals surface area contributed by atoms with Crippen molar-refractivity contribution in [1.82, 2.24) is 24.9 Å². The van der Waals surface area contributed by atoms with Gasteiger partial charge in [-0.2, -0.15) is 5.10 Å². The number of fused-ring (bicyclic) bond motifs is 1. The molecule has 2 N–H and O–H groups in total. The summed E-state index contributed by atoms with van der Waals surface area (Å²) in [6, 6.07) is 7.83. The predicted octanol–water partition coefficient (Wildman–Crippen LogP) is 1.04. The zero-order valence-corrected chi connectivity index (χ0v) is 17.2. The van der Waals surface area contributed by atoms with Crippen LogP contribution in [0.25, 0.3) is 10.9 Å². The summed E-state index contributed by atoms with van der Waals surface area (Å²) >= 11 is 0. The third-order valence-corrected chi connectivity index (χ3v) is 4.73. The van der Waals surface area contributed by atoms with Gasteiger partial charge in [0.2, 0.25) is 11.8 Å². The minimum atomic E-state index is -0.216. The number of piperazine rings is 1. The maximum absolute atomic E-state index is 12.5. The van der Waals surface area contributed by atoms with E-state index in [1.165, 1.54) is 0 Å². The lowest BCUT2D eigenvalue weighted by atomic mass is 10.1. The van der Waals surface area contributed by atoms with E-state index in [-0.39, 0.29) is 17.4 Å². The molecule has 152 valence electrons. The van der Waals surface area contributed by atoms with E-state index in [1.807, 2.05) is 52.1 Å². The Bertz CT molecular complexity index is 846. The highest BCUT2D eigenvalue weighted by Gasteiger charge is 2.22. The molecule has 0 radical (unpaired) electrons. The van der Waals surface area contributed by atoms with Crippen LogP contribution in [0.1, 0.15) is 20.8 Å². The quantitative estimate of drug-likeness (QED) is 0.803. The lowest BCUT2D eigenvalue weighted by molar-refractivity contribution is -0.124. The molecule has 2 amide bonds. The van der Waals surface area contributed by atoms with Crippen LogP contribution in [0.4, 0.5) is 5.82 Å². The Balaban J connectivity index is 1.47. The minimum absolute atomic E-state index is 0.0423. The number of anilines is 1. The normalized spacial score (nSPS) is 16.3. The Morgan fingerprint density at radius 2 is 1.57 bits per heavy atom. The van der Waals surface area contributed by atoms with Crippen LogP contribution in [0, 0.1) is 0 Å². The van der Waals surface area contributed by atoms with Gasteiger partial charge in [-0.05, 0) is 32.9 Å². The number of hydrogen-bond acceptors (Lipinski definition) is 5. The van der Waals surface area contributed by atoms with Gasteiger partial charge in [-0.25, -0.2) is 0 Å². The van der Waals surface area contributed by atoms with Gasteiger partial charge >= 0.3 is 0 Å². The molecule has 0 unspecified atom stereocenters. The van der Waals surface area contributed by atoms with Crippen LogP contribution in [0.3, 0.4) is 0 Å². The molecule has 2 aromatic rings. The molecule has 2 heterocycles. The van der Waals surface area contributed by atoms with Crippen molar-refractivity contribution in [3.05, 3.63) is 24.3 Å². The van der Waals surface area contributed by atoms with Crippen LogP contribution < -0.4 is 10.6 Å². The van der Waals surface area contributed by atoms with Crippen LogP contribution in [-0.4, -0.2) is 76.2 Å². The summed E-state index contributed by atoms with van der Waals surface area (Å²) in [6.45, 7) is 9.74. The Hall–Kier alpha value is -2.45. The molecule has 1 aliphatic rings. The van der Waals surface area contributed by atoms with Crippen molar-refractivity contribution in [2.75, 3.05) is 44.6 Å². The second-order valence-corrected chi connectivity index (χ2v) is 8.39. The second-order valence-electron chi connectivity index (χ2n) is 8.39. The van der Waals surface area contributed by atoms with E-state index >= 15 is 0 Å². The van der Waals surface area contributed by atoms with Crippen molar-refractivity contribution in [1.29, 1.82) is 0 Å². The largest absolute Gasteiger partial charge is 0.350 e. The maximum atomic E-state index is 12.5. The molecule has 1 aromatic carbocycles. The van der Waals surface area contributed by atoms with Crippen molar-refractivity contribution < 1.29 is 9.59 Å². The summed E-state index contributed by atoms with van der Waals surface area (Å²) in [5, 5.41) is 11.3. The van der Waals surface area contributed by atoms with Crippen LogP contribution in [0.15, 0.2) is 24.3 Å². The van der Waals surface area contributed by atoms with Crippen LogP contribution in [0.5, 0.6) is 0 Å². The van der Waals surface area contributed by atoms with Gasteiger partial charge in [0.25, 0.3) is 0 Å². The topological polar surface area (TPSA) is 82.5 Å². The van der Waals surface area contributed by atoms with Gasteiger partial charge < -0.3 is 10.6 Å². The molecule has 8 nitrogen and oxygen atoms in total. The number of carbonyl (C=O) groups excluding carboxylic acids is 2. The number of para-hydroxylation sites is 1. The molecule has 0 saturated carbocycles. The summed E-state index contributed by atoms with van der Waals surface area (Å²) in [4.78, 5) is 28.8. The molecule has 0 aliphatic carbocycles. The third-order valence-electron chi connectivity index (χ3n) is 4.73. The first kappa shape index (κ1) is 20.3. The Kier molecular flexibility index (Phi) is 6.00. The lowest BCUT2D eigenvalue weighted by Gasteiger charge is -2.34. The second kappa shape index (κ2) is 8.28. The summed E-state index contributed by atoms with van der Waals surface area (Å²) in [7, 11) is 1.87. The van der Waals surface area contributed by atoms with Crippen molar-refractivity contribution in [3.8, 4) is 0 Å². The molecular formula is C20H30N6O2. The SMILES string of the molecule is Cn1nc(NC(=O)CN2CCN(CC(=O)NC(C)(C)C)CC2)c2ccccc21. The Morgan fingerprint density at radius 1 is 1.00 bits per heavy atom. The fourth-order valence-corrected chi connectivity index (χ4v) is 3.45. The van der Waals surface area contributed by atoms with E-state index in [0.29, 0.717) is 18.9 Å². The number of rotatable bonds is 5. The summed E-state index contributed by atoms with van der Waals surface area (Å²) in [6.07, 6.45) is 0. The van der Waals surface area contributed by atoms with E-state index < -0.39 is 0 Å². The van der Waals surface area contributed by atoms with E-state index in [2.05, 4.69) is 25.5 Å². The average molecular weight is 387 g/mol. The first-order chi connectivity index (χ1) is 13.2. The van der Waals surface area contributed by atoms with E-state index in [1.54, 1.807) is 4.68 Å². The highest BCUT2D eigenvalue weighted by Crippen LogP contribution is 2.21. The lowest BCUT2D eigenvalue weighted by Crippen LogP contribution is -2.52. The van der Waals surface area contributed by atoms with Crippen molar-refractivity contribution >= 4 is 28.5 Å². The zero-order valence-electron chi connectivity index (χ0n) is 17.2. The number of carbonyl (C=O) groups is 2. The molecule has 1 aliphatic heterocycles. The van der Waals surface area contributed by atoms with Gasteiger partial charge in [0.1, 0.15) is 0 Å². The van der Waals surface area contributed by atoms with E-state index in [0.717, 1.165) is 37.1 Å². The third kappa shape index (κ3) is 5.30. The monoisotopic (exact) mass is 386 g/mol. The van der Waals surface area contributed by atoms with E-state index in [9.17, 15) is 9.59 Å². The average Bonchev–Trinajstić information content (AvgIpc) is 2.91. The fourth-order valence-electron chi connectivity index (χ4n) is 3.45. The standard InChI is InChI=1S/C20H30N6O2/c1-20(2,3)22-18(28)14-26-11-9-25(10-12-26)13-17(27)21-19-15-7-5-6-8-16(15)24(4)23-19/h5-8H,9-14H2,1-4H3,(H,22,28)(H,21,23,27). The molecule has 1 fully saturated rings. The number of aryl methyl sites for hydroxylation is 1. The van der Waals surface area contributed by atoms with Gasteiger partial charge in [-0.3, -0.25) is 24.1 Å². The number of nitrogens with zero attached hydrogens (tertiary/aromatic N) is 4. The predicted molar refractivity (Wildman–Crippen MR) is 110 cm³/mol. The van der Waals surface area contributed by atoms with Gasteiger partial charge in [-0.1, -0.05) is 12.1 Å². The summed E-state index contributed by atoms with van der Waals surface area (Å²) in [5.74, 6) is 0.573. The molecule has 0 spiro atoms. The highest BCUT2D eigenvalue weighted by molar-refractivity contribution is 6.00.